The van der Waals surface area contributed by atoms with E-state index in [1.165, 1.54) is 11.1 Å². The maximum Gasteiger partial charge on any atom is 0.262 e. The molecule has 0 aromatic heterocycles. The second kappa shape index (κ2) is 12.1. The number of nitrogens with one attached hydrogen (secondary N) is 1. The Kier molecular flexibility index (Phi) is 8.59. The van der Waals surface area contributed by atoms with Crippen molar-refractivity contribution in [2.75, 3.05) is 38.3 Å². The van der Waals surface area contributed by atoms with Gasteiger partial charge in [-0.15, -0.1) is 0 Å². The van der Waals surface area contributed by atoms with Crippen molar-refractivity contribution in [3.05, 3.63) is 70.3 Å². The number of nitrogens with zero attached hydrogens (tertiary/aromatic N) is 1. The van der Waals surface area contributed by atoms with Crippen LogP contribution in [0.25, 0.3) is 0 Å². The molecule has 1 spiro atoms. The number of ether oxygens (including phenoxy) is 2. The number of aryl methyl sites for hydroxylation is 1. The van der Waals surface area contributed by atoms with E-state index < -0.39 is 20.9 Å². The van der Waals surface area contributed by atoms with Gasteiger partial charge in [-0.25, -0.2) is 4.21 Å². The molecule has 1 unspecified atom stereocenters. The topological polar surface area (TPSA) is 88.1 Å². The number of anilines is 1. The molecule has 2 aliphatic heterocycles. The van der Waals surface area contributed by atoms with Crippen molar-refractivity contribution in [1.82, 2.24) is 4.72 Å². The van der Waals surface area contributed by atoms with Gasteiger partial charge in [0.1, 0.15) is 5.75 Å². The zero-order valence-electron chi connectivity index (χ0n) is 25.1. The van der Waals surface area contributed by atoms with E-state index in [4.69, 9.17) is 21.1 Å². The maximum atomic E-state index is 13.6. The number of carbonyl (C=O) groups excluding carboxylic acids is 1. The summed E-state index contributed by atoms with van der Waals surface area (Å²) in [6.45, 7) is 3.83. The minimum absolute atomic E-state index is 0.0811. The summed E-state index contributed by atoms with van der Waals surface area (Å²) in [5.74, 6) is 4.75. The van der Waals surface area contributed by atoms with Gasteiger partial charge in [-0.05, 0) is 105 Å². The number of aliphatic hydroxyl groups is 1. The third-order valence-electron chi connectivity index (χ3n) is 10.3. The first-order valence-electron chi connectivity index (χ1n) is 15.4. The molecular weight excluding hydrogens is 584 g/mol. The molecular formula is C34H43ClN2O5S. The molecule has 0 saturated heterocycles. The van der Waals surface area contributed by atoms with Crippen LogP contribution in [0.3, 0.4) is 0 Å². The predicted octanol–water partition coefficient (Wildman–Crippen LogP) is 5.17. The summed E-state index contributed by atoms with van der Waals surface area (Å²) in [4.78, 5) is 15.9. The summed E-state index contributed by atoms with van der Waals surface area (Å²) in [7, 11) is -1.24. The van der Waals surface area contributed by atoms with Gasteiger partial charge < -0.3 is 19.5 Å². The molecule has 232 valence electrons. The van der Waals surface area contributed by atoms with Gasteiger partial charge in [0, 0.05) is 54.0 Å². The van der Waals surface area contributed by atoms with E-state index in [0.717, 1.165) is 61.7 Å². The summed E-state index contributed by atoms with van der Waals surface area (Å²) < 4.78 is 28.9. The number of aliphatic hydroxyl groups excluding tert-OH is 1. The number of benzene rings is 2. The monoisotopic (exact) mass is 626 g/mol. The molecule has 0 radical (unpaired) electrons. The van der Waals surface area contributed by atoms with Crippen LogP contribution >= 0.6 is 11.6 Å². The highest BCUT2D eigenvalue weighted by Crippen LogP contribution is 2.47. The summed E-state index contributed by atoms with van der Waals surface area (Å²) in [5, 5.41) is 10.4. The fourth-order valence-corrected chi connectivity index (χ4v) is 8.95. The van der Waals surface area contributed by atoms with E-state index in [0.29, 0.717) is 30.4 Å². The molecule has 2 N–H and O–H groups in total. The first-order chi connectivity index (χ1) is 20.6. The van der Waals surface area contributed by atoms with E-state index >= 15 is 0 Å². The van der Waals surface area contributed by atoms with E-state index in [1.54, 1.807) is 13.2 Å². The Morgan fingerprint density at radius 1 is 1.23 bits per heavy atom. The minimum atomic E-state index is -2.99. The molecule has 7 atom stereocenters. The van der Waals surface area contributed by atoms with Crippen molar-refractivity contribution >= 4 is 38.8 Å². The first-order valence-corrected chi connectivity index (χ1v) is 17.6. The SMILES string of the molecule is C=S1(=O)NC(=O)c2ccc3c(c2)N(C[C@@H]2CC[C@H]2[C@@H](OC)/C=C/[C@@H](CO)C[C@H]1C)C[C@@]1(CCCc2cc(Cl)ccc21)CO3. The summed E-state index contributed by atoms with van der Waals surface area (Å²) in [5.41, 5.74) is 3.67. The van der Waals surface area contributed by atoms with E-state index in [-0.39, 0.29) is 24.0 Å². The molecule has 1 amide bonds. The molecule has 1 saturated carbocycles. The Balaban J connectivity index is 1.43. The van der Waals surface area contributed by atoms with Crippen molar-refractivity contribution < 1.29 is 23.6 Å². The second-order valence-electron chi connectivity index (χ2n) is 13.0. The quantitative estimate of drug-likeness (QED) is 0.353. The van der Waals surface area contributed by atoms with Gasteiger partial charge in [0.05, 0.1) is 28.1 Å². The predicted molar refractivity (Wildman–Crippen MR) is 174 cm³/mol. The van der Waals surface area contributed by atoms with E-state index in [2.05, 4.69) is 33.7 Å². The van der Waals surface area contributed by atoms with Crippen LogP contribution < -0.4 is 14.4 Å². The van der Waals surface area contributed by atoms with Gasteiger partial charge in [-0.1, -0.05) is 29.8 Å². The van der Waals surface area contributed by atoms with Crippen LogP contribution in [0.15, 0.2) is 48.6 Å². The second-order valence-corrected chi connectivity index (χ2v) is 15.9. The molecule has 7 nitrogen and oxygen atoms in total. The number of fused-ring (bicyclic) bond motifs is 4. The highest BCUT2D eigenvalue weighted by Gasteiger charge is 2.44. The van der Waals surface area contributed by atoms with Crippen LogP contribution in [-0.2, 0) is 26.3 Å². The highest BCUT2D eigenvalue weighted by atomic mass is 35.5. The largest absolute Gasteiger partial charge is 0.490 e. The van der Waals surface area contributed by atoms with Gasteiger partial charge >= 0.3 is 0 Å². The van der Waals surface area contributed by atoms with Gasteiger partial charge in [0.15, 0.2) is 0 Å². The Bertz CT molecular complexity index is 1510. The number of rotatable bonds is 2. The fourth-order valence-electron chi connectivity index (χ4n) is 7.57. The molecule has 2 bridgehead atoms. The van der Waals surface area contributed by atoms with Gasteiger partial charge in [0.2, 0.25) is 0 Å². The van der Waals surface area contributed by atoms with E-state index in [9.17, 15) is 14.1 Å². The molecule has 43 heavy (non-hydrogen) atoms. The zero-order chi connectivity index (χ0) is 30.4. The summed E-state index contributed by atoms with van der Waals surface area (Å²) >= 11 is 6.42. The maximum absolute atomic E-state index is 13.6. The van der Waals surface area contributed by atoms with Crippen molar-refractivity contribution in [1.29, 1.82) is 0 Å². The number of amides is 1. The number of methoxy groups -OCH3 is 1. The summed E-state index contributed by atoms with van der Waals surface area (Å²) in [6.07, 6.45) is 9.62. The number of carbonyl (C=O) groups is 1. The molecule has 2 aromatic rings. The first kappa shape index (κ1) is 30.5. The third-order valence-corrected chi connectivity index (χ3v) is 12.5. The summed E-state index contributed by atoms with van der Waals surface area (Å²) in [6, 6.07) is 11.8. The molecule has 1 fully saturated rings. The number of hydrogen-bond donors (Lipinski definition) is 2. The fraction of sp³-hybridized carbons (Fsp3) is 0.529. The molecule has 4 aliphatic rings. The van der Waals surface area contributed by atoms with Gasteiger partial charge in [-0.2, -0.15) is 0 Å². The van der Waals surface area contributed by atoms with Crippen LogP contribution in [0.5, 0.6) is 5.75 Å². The average molecular weight is 627 g/mol. The van der Waals surface area contributed by atoms with Crippen LogP contribution in [0.4, 0.5) is 5.69 Å². The Morgan fingerprint density at radius 2 is 2.07 bits per heavy atom. The minimum Gasteiger partial charge on any atom is -0.490 e. The van der Waals surface area contributed by atoms with Crippen LogP contribution in [0.1, 0.15) is 60.5 Å². The van der Waals surface area contributed by atoms with Crippen LogP contribution in [0.2, 0.25) is 5.02 Å². The molecule has 2 heterocycles. The standard InChI is InChI=1S/C34H43ClN2O5S/c1-22-15-23(19-38)6-12-31(41-2)28-10-7-26(28)18-37-20-34(14-4-5-24-16-27(35)9-11-29(24)34)21-42-32-13-8-25(17-30(32)37)33(39)36-43(22,3)40/h6,8-9,11-13,16-17,22-23,26,28,31,38H,3-5,7,10,14-15,18-21H2,1-2H3,(H,36,39,40)/b12-6+/t22-,23-,26+,28-,31+,34+,43?/m1/s1. The van der Waals surface area contributed by atoms with Crippen LogP contribution in [0, 0.1) is 17.8 Å². The smallest absolute Gasteiger partial charge is 0.262 e. The number of halogens is 1. The molecule has 6 rings (SSSR count). The van der Waals surface area contributed by atoms with Crippen molar-refractivity contribution in [2.24, 2.45) is 17.8 Å². The Labute approximate surface area is 260 Å². The average Bonchev–Trinajstić information content (AvgIpc) is 3.12. The Hall–Kier alpha value is -2.52. The normalized spacial score (nSPS) is 35.0. The Morgan fingerprint density at radius 3 is 2.81 bits per heavy atom. The van der Waals surface area contributed by atoms with Crippen LogP contribution in [-0.4, -0.2) is 65.9 Å². The zero-order valence-corrected chi connectivity index (χ0v) is 26.7. The van der Waals surface area contributed by atoms with E-state index in [1.807, 2.05) is 31.2 Å². The lowest BCUT2D eigenvalue weighted by molar-refractivity contribution is 0.0129. The van der Waals surface area contributed by atoms with Crippen molar-refractivity contribution in [2.45, 2.75) is 62.2 Å². The van der Waals surface area contributed by atoms with Gasteiger partial charge in [-0.3, -0.25) is 9.52 Å². The lowest BCUT2D eigenvalue weighted by Gasteiger charge is -2.46. The molecule has 2 aromatic carbocycles. The lowest BCUT2D eigenvalue weighted by atomic mass is 9.68. The lowest BCUT2D eigenvalue weighted by Crippen LogP contribution is -2.49. The van der Waals surface area contributed by atoms with Crippen molar-refractivity contribution in [3.63, 3.8) is 0 Å². The van der Waals surface area contributed by atoms with Gasteiger partial charge in [0.25, 0.3) is 5.91 Å². The third kappa shape index (κ3) is 5.96. The van der Waals surface area contributed by atoms with Crippen molar-refractivity contribution in [3.8, 4) is 5.75 Å². The molecule has 9 heteroatoms. The molecule has 2 aliphatic carbocycles. The highest BCUT2D eigenvalue weighted by molar-refractivity contribution is 7.99. The number of hydrogen-bond acceptors (Lipinski definition) is 6.